The van der Waals surface area contributed by atoms with Crippen LogP contribution < -0.4 is 14.4 Å². The molecule has 0 N–H and O–H groups in total. The molecule has 2 heterocycles. The van der Waals surface area contributed by atoms with Gasteiger partial charge in [-0.3, -0.25) is 9.59 Å². The van der Waals surface area contributed by atoms with Crippen molar-refractivity contribution in [1.82, 2.24) is 4.90 Å². The second-order valence-corrected chi connectivity index (χ2v) is 7.75. The Bertz CT molecular complexity index is 1080. The molecule has 0 atom stereocenters. The van der Waals surface area contributed by atoms with Gasteiger partial charge in [0.15, 0.2) is 0 Å². The number of ether oxygens (including phenoxy) is 3. The maximum atomic E-state index is 13.6. The van der Waals surface area contributed by atoms with Crippen molar-refractivity contribution < 1.29 is 23.8 Å². The maximum absolute atomic E-state index is 13.6. The Morgan fingerprint density at radius 3 is 2.29 bits per heavy atom. The van der Waals surface area contributed by atoms with Gasteiger partial charge in [0.25, 0.3) is 11.8 Å². The number of halogens is 2. The largest absolute Gasteiger partial charge is 0.497 e. The van der Waals surface area contributed by atoms with Crippen molar-refractivity contribution >= 4 is 46.3 Å². The van der Waals surface area contributed by atoms with E-state index in [1.165, 1.54) is 13.2 Å². The zero-order chi connectivity index (χ0) is 22.1. The van der Waals surface area contributed by atoms with Crippen molar-refractivity contribution in [3.05, 3.63) is 57.7 Å². The summed E-state index contributed by atoms with van der Waals surface area (Å²) in [4.78, 5) is 30.1. The molecule has 2 aromatic rings. The molecule has 2 aliphatic heterocycles. The lowest BCUT2D eigenvalue weighted by Gasteiger charge is -2.29. The zero-order valence-corrected chi connectivity index (χ0v) is 18.5. The van der Waals surface area contributed by atoms with Crippen molar-refractivity contribution in [2.24, 2.45) is 0 Å². The van der Waals surface area contributed by atoms with Gasteiger partial charge in [-0.05, 0) is 30.3 Å². The number of carbonyl (C=O) groups is 2. The Morgan fingerprint density at radius 1 is 0.903 bits per heavy atom. The molecule has 31 heavy (non-hydrogen) atoms. The van der Waals surface area contributed by atoms with E-state index in [4.69, 9.17) is 37.4 Å². The van der Waals surface area contributed by atoms with Gasteiger partial charge < -0.3 is 19.1 Å². The molecule has 2 aromatic carbocycles. The van der Waals surface area contributed by atoms with Gasteiger partial charge in [0.05, 0.1) is 48.7 Å². The summed E-state index contributed by atoms with van der Waals surface area (Å²) in [7, 11) is 3.05. The third kappa shape index (κ3) is 3.84. The summed E-state index contributed by atoms with van der Waals surface area (Å²) >= 11 is 12.2. The summed E-state index contributed by atoms with van der Waals surface area (Å²) in [5.74, 6) is 0.107. The second-order valence-electron chi connectivity index (χ2n) is 6.93. The van der Waals surface area contributed by atoms with Gasteiger partial charge in [0.1, 0.15) is 17.2 Å². The van der Waals surface area contributed by atoms with Gasteiger partial charge >= 0.3 is 0 Å². The molecule has 0 radical (unpaired) electrons. The highest BCUT2D eigenvalue weighted by molar-refractivity contribution is 6.46. The van der Waals surface area contributed by atoms with Crippen LogP contribution in [0.25, 0.3) is 5.57 Å². The highest BCUT2D eigenvalue weighted by Crippen LogP contribution is 2.40. The zero-order valence-electron chi connectivity index (χ0n) is 17.0. The Kier molecular flexibility index (Phi) is 6.09. The minimum absolute atomic E-state index is 0.253. The molecule has 0 aliphatic carbocycles. The van der Waals surface area contributed by atoms with Crippen molar-refractivity contribution in [2.45, 2.75) is 0 Å². The monoisotopic (exact) mass is 462 g/mol. The van der Waals surface area contributed by atoms with Crippen molar-refractivity contribution in [1.29, 1.82) is 0 Å². The van der Waals surface area contributed by atoms with Crippen LogP contribution in [0.1, 0.15) is 5.56 Å². The van der Waals surface area contributed by atoms with Crippen LogP contribution in [-0.2, 0) is 14.3 Å². The Hall–Kier alpha value is -2.74. The summed E-state index contributed by atoms with van der Waals surface area (Å²) in [5.41, 5.74) is 1.42. The fourth-order valence-electron chi connectivity index (χ4n) is 3.70. The van der Waals surface area contributed by atoms with Crippen molar-refractivity contribution in [2.75, 3.05) is 45.4 Å². The van der Waals surface area contributed by atoms with Crippen LogP contribution in [0.2, 0.25) is 10.0 Å². The van der Waals surface area contributed by atoms with E-state index in [2.05, 4.69) is 0 Å². The smallest absolute Gasteiger partial charge is 0.282 e. The molecule has 0 aromatic heterocycles. The lowest BCUT2D eigenvalue weighted by Crippen LogP contribution is -2.40. The van der Waals surface area contributed by atoms with Gasteiger partial charge in [-0.1, -0.05) is 23.2 Å². The SMILES string of the molecule is COc1ccc(C2=C(N3CCOCC3)C(=O)N(c3ccc(Cl)c(Cl)c3)C2=O)c(OC)c1. The lowest BCUT2D eigenvalue weighted by molar-refractivity contribution is -0.121. The summed E-state index contributed by atoms with van der Waals surface area (Å²) < 4.78 is 16.2. The highest BCUT2D eigenvalue weighted by atomic mass is 35.5. The number of benzene rings is 2. The number of amides is 2. The second kappa shape index (κ2) is 8.78. The molecule has 0 bridgehead atoms. The predicted molar refractivity (Wildman–Crippen MR) is 118 cm³/mol. The van der Waals surface area contributed by atoms with Crippen LogP contribution in [0, 0.1) is 0 Å². The van der Waals surface area contributed by atoms with E-state index >= 15 is 0 Å². The number of nitrogens with zero attached hydrogens (tertiary/aromatic N) is 2. The average Bonchev–Trinajstić information content (AvgIpc) is 3.05. The van der Waals surface area contributed by atoms with E-state index in [-0.39, 0.29) is 10.6 Å². The minimum Gasteiger partial charge on any atom is -0.497 e. The van der Waals surface area contributed by atoms with Gasteiger partial charge in [-0.2, -0.15) is 0 Å². The third-order valence-electron chi connectivity index (χ3n) is 5.23. The summed E-state index contributed by atoms with van der Waals surface area (Å²) in [6, 6.07) is 9.78. The van der Waals surface area contributed by atoms with Gasteiger partial charge in [-0.15, -0.1) is 0 Å². The summed E-state index contributed by atoms with van der Waals surface area (Å²) in [6.45, 7) is 1.91. The quantitative estimate of drug-likeness (QED) is 0.631. The van der Waals surface area contributed by atoms with Gasteiger partial charge in [0.2, 0.25) is 0 Å². The minimum atomic E-state index is -0.464. The van der Waals surface area contributed by atoms with E-state index in [1.807, 2.05) is 4.90 Å². The van der Waals surface area contributed by atoms with Gasteiger partial charge in [-0.25, -0.2) is 4.90 Å². The predicted octanol–water partition coefficient (Wildman–Crippen LogP) is 3.63. The first-order valence-electron chi connectivity index (χ1n) is 9.59. The van der Waals surface area contributed by atoms with Crippen molar-refractivity contribution in [3.63, 3.8) is 0 Å². The van der Waals surface area contributed by atoms with E-state index in [9.17, 15) is 9.59 Å². The van der Waals surface area contributed by atoms with Crippen LogP contribution in [0.15, 0.2) is 42.1 Å². The number of rotatable bonds is 5. The molecule has 2 aliphatic rings. The molecule has 4 rings (SSSR count). The molecule has 0 unspecified atom stereocenters. The fourth-order valence-corrected chi connectivity index (χ4v) is 4.00. The van der Waals surface area contributed by atoms with Crippen LogP contribution in [0.4, 0.5) is 5.69 Å². The third-order valence-corrected chi connectivity index (χ3v) is 5.97. The van der Waals surface area contributed by atoms with Crippen LogP contribution in [0.3, 0.4) is 0 Å². The Morgan fingerprint density at radius 2 is 1.65 bits per heavy atom. The molecule has 1 fully saturated rings. The maximum Gasteiger partial charge on any atom is 0.282 e. The number of hydrogen-bond acceptors (Lipinski definition) is 6. The molecular formula is C22H20Cl2N2O5. The average molecular weight is 463 g/mol. The van der Waals surface area contributed by atoms with Gasteiger partial charge in [0, 0.05) is 24.7 Å². The van der Waals surface area contributed by atoms with Crippen LogP contribution in [-0.4, -0.2) is 57.2 Å². The molecule has 1 saturated heterocycles. The number of anilines is 1. The topological polar surface area (TPSA) is 68.3 Å². The standard InChI is InChI=1S/C22H20Cl2N2O5/c1-29-14-4-5-15(18(12-14)30-2)19-20(25-7-9-31-10-8-25)22(28)26(21(19)27)13-3-6-16(23)17(24)11-13/h3-6,11-12H,7-10H2,1-2H3. The number of carbonyl (C=O) groups excluding carboxylic acids is 2. The highest BCUT2D eigenvalue weighted by Gasteiger charge is 2.43. The van der Waals surface area contributed by atoms with Crippen molar-refractivity contribution in [3.8, 4) is 11.5 Å². The first kappa shape index (κ1) is 21.5. The summed E-state index contributed by atoms with van der Waals surface area (Å²) in [6.07, 6.45) is 0. The van der Waals surface area contributed by atoms with Crippen LogP contribution in [0.5, 0.6) is 11.5 Å². The van der Waals surface area contributed by atoms with E-state index in [0.717, 1.165) is 4.90 Å². The molecule has 0 saturated carbocycles. The fraction of sp³-hybridized carbons (Fsp3) is 0.273. The molecular weight excluding hydrogens is 443 g/mol. The number of imide groups is 1. The molecule has 162 valence electrons. The van der Waals surface area contributed by atoms with E-state index in [1.54, 1.807) is 37.4 Å². The van der Waals surface area contributed by atoms with Crippen LogP contribution >= 0.6 is 23.2 Å². The Labute approximate surface area is 189 Å². The van der Waals surface area contributed by atoms with E-state index in [0.29, 0.717) is 59.8 Å². The first-order chi connectivity index (χ1) is 15.0. The van der Waals surface area contributed by atoms with E-state index < -0.39 is 11.8 Å². The number of methoxy groups -OCH3 is 2. The number of morpholine rings is 1. The summed E-state index contributed by atoms with van der Waals surface area (Å²) in [5, 5.41) is 0.589. The normalized spacial score (nSPS) is 16.9. The first-order valence-corrected chi connectivity index (χ1v) is 10.3. The molecule has 7 nitrogen and oxygen atoms in total. The Balaban J connectivity index is 1.87. The lowest BCUT2D eigenvalue weighted by atomic mass is 10.0. The molecule has 2 amide bonds. The molecule has 0 spiro atoms. The molecule has 9 heteroatoms. The number of hydrogen-bond donors (Lipinski definition) is 0.